The molecule has 1 saturated carbocycles. The fourth-order valence-electron chi connectivity index (χ4n) is 2.36. The Bertz CT molecular complexity index is 287. The van der Waals surface area contributed by atoms with Crippen molar-refractivity contribution in [2.75, 3.05) is 26.8 Å². The second kappa shape index (κ2) is 8.91. The molecular weight excluding hydrogens is 246 g/mol. The Morgan fingerprint density at radius 3 is 2.37 bits per heavy atom. The van der Waals surface area contributed by atoms with Crippen LogP contribution in [0.25, 0.3) is 0 Å². The monoisotopic (exact) mass is 271 g/mol. The van der Waals surface area contributed by atoms with Crippen molar-refractivity contribution in [3.8, 4) is 0 Å². The van der Waals surface area contributed by atoms with Crippen LogP contribution in [0.5, 0.6) is 0 Å². The number of esters is 2. The Morgan fingerprint density at radius 2 is 1.79 bits per heavy atom. The van der Waals surface area contributed by atoms with Crippen LogP contribution in [-0.2, 0) is 19.1 Å². The lowest BCUT2D eigenvalue weighted by molar-refractivity contribution is -0.148. The number of hydrogen-bond donors (Lipinski definition) is 0. The highest BCUT2D eigenvalue weighted by Gasteiger charge is 2.26. The minimum absolute atomic E-state index is 0.171. The number of unbranched alkanes of at least 4 members (excludes halogenated alkanes) is 1. The molecule has 5 nitrogen and oxygen atoms in total. The Balaban J connectivity index is 2.43. The van der Waals surface area contributed by atoms with Crippen LogP contribution in [0.2, 0.25) is 0 Å². The van der Waals surface area contributed by atoms with E-state index in [2.05, 4.69) is 11.7 Å². The van der Waals surface area contributed by atoms with Crippen molar-refractivity contribution in [3.05, 3.63) is 0 Å². The molecule has 0 aliphatic heterocycles. The van der Waals surface area contributed by atoms with E-state index in [-0.39, 0.29) is 25.0 Å². The van der Waals surface area contributed by atoms with Crippen LogP contribution in [0.3, 0.4) is 0 Å². The van der Waals surface area contributed by atoms with E-state index in [1.807, 2.05) is 4.90 Å². The molecule has 0 amide bonds. The van der Waals surface area contributed by atoms with E-state index in [1.54, 1.807) is 0 Å². The number of carbonyl (C=O) groups is 2. The van der Waals surface area contributed by atoms with Gasteiger partial charge in [0.15, 0.2) is 0 Å². The van der Waals surface area contributed by atoms with E-state index in [4.69, 9.17) is 4.74 Å². The predicted molar refractivity (Wildman–Crippen MR) is 71.7 cm³/mol. The molecule has 0 N–H and O–H groups in total. The zero-order chi connectivity index (χ0) is 14.1. The fraction of sp³-hybridized carbons (Fsp3) is 0.857. The van der Waals surface area contributed by atoms with E-state index in [9.17, 15) is 9.59 Å². The number of hydrogen-bond acceptors (Lipinski definition) is 5. The molecule has 0 bridgehead atoms. The summed E-state index contributed by atoms with van der Waals surface area (Å²) in [6.45, 7) is 2.87. The minimum Gasteiger partial charge on any atom is -0.468 e. The molecule has 5 heteroatoms. The highest BCUT2D eigenvalue weighted by Crippen LogP contribution is 2.23. The van der Waals surface area contributed by atoms with Gasteiger partial charge in [-0.1, -0.05) is 26.2 Å². The van der Waals surface area contributed by atoms with Gasteiger partial charge in [0.05, 0.1) is 26.8 Å². The minimum atomic E-state index is -0.298. The molecule has 110 valence electrons. The van der Waals surface area contributed by atoms with Crippen LogP contribution in [0.4, 0.5) is 0 Å². The second-order valence-electron chi connectivity index (χ2n) is 4.99. The van der Waals surface area contributed by atoms with Gasteiger partial charge in [0.2, 0.25) is 0 Å². The van der Waals surface area contributed by atoms with Crippen LogP contribution >= 0.6 is 0 Å². The van der Waals surface area contributed by atoms with E-state index >= 15 is 0 Å². The van der Waals surface area contributed by atoms with Gasteiger partial charge in [-0.25, -0.2) is 0 Å². The summed E-state index contributed by atoms with van der Waals surface area (Å²) in [6.07, 6.45) is 6.28. The number of rotatable bonds is 8. The van der Waals surface area contributed by atoms with Crippen molar-refractivity contribution in [3.63, 3.8) is 0 Å². The average Bonchev–Trinajstić information content (AvgIpc) is 2.92. The highest BCUT2D eigenvalue weighted by molar-refractivity contribution is 5.75. The van der Waals surface area contributed by atoms with Crippen molar-refractivity contribution >= 4 is 11.9 Å². The summed E-state index contributed by atoms with van der Waals surface area (Å²) < 4.78 is 9.84. The Kier molecular flexibility index (Phi) is 7.48. The summed E-state index contributed by atoms with van der Waals surface area (Å²) in [5, 5.41) is 0. The van der Waals surface area contributed by atoms with Crippen LogP contribution < -0.4 is 0 Å². The number of carbonyl (C=O) groups excluding carboxylic acids is 2. The standard InChI is InChI=1S/C14H25NO4/c1-3-4-9-19-14(17)11-15(10-13(16)18-2)12-7-5-6-8-12/h12H,3-11H2,1-2H3. The van der Waals surface area contributed by atoms with Crippen molar-refractivity contribution in [2.45, 2.75) is 51.5 Å². The maximum absolute atomic E-state index is 11.7. The van der Waals surface area contributed by atoms with Gasteiger partial charge >= 0.3 is 11.9 Å². The molecular formula is C14H25NO4. The van der Waals surface area contributed by atoms with E-state index < -0.39 is 0 Å². The molecule has 1 rings (SSSR count). The van der Waals surface area contributed by atoms with Crippen LogP contribution in [0, 0.1) is 0 Å². The van der Waals surface area contributed by atoms with Gasteiger partial charge in [-0.05, 0) is 19.3 Å². The van der Waals surface area contributed by atoms with Gasteiger partial charge in [-0.15, -0.1) is 0 Å². The van der Waals surface area contributed by atoms with Crippen molar-refractivity contribution in [1.29, 1.82) is 0 Å². The van der Waals surface area contributed by atoms with Gasteiger partial charge < -0.3 is 9.47 Å². The van der Waals surface area contributed by atoms with Gasteiger partial charge in [0.25, 0.3) is 0 Å². The summed E-state index contributed by atoms with van der Waals surface area (Å²) >= 11 is 0. The number of nitrogens with zero attached hydrogens (tertiary/aromatic N) is 1. The smallest absolute Gasteiger partial charge is 0.320 e. The maximum atomic E-state index is 11.7. The number of ether oxygens (including phenoxy) is 2. The average molecular weight is 271 g/mol. The molecule has 0 aromatic carbocycles. The second-order valence-corrected chi connectivity index (χ2v) is 4.99. The molecule has 0 unspecified atom stereocenters. The molecule has 0 heterocycles. The van der Waals surface area contributed by atoms with Gasteiger partial charge in [-0.3, -0.25) is 14.5 Å². The third-order valence-electron chi connectivity index (χ3n) is 3.49. The fourth-order valence-corrected chi connectivity index (χ4v) is 2.36. The van der Waals surface area contributed by atoms with Gasteiger partial charge in [0.1, 0.15) is 0 Å². The maximum Gasteiger partial charge on any atom is 0.320 e. The first-order valence-electron chi connectivity index (χ1n) is 7.13. The Labute approximate surface area is 115 Å². The third kappa shape index (κ3) is 6.05. The highest BCUT2D eigenvalue weighted by atomic mass is 16.5. The van der Waals surface area contributed by atoms with Gasteiger partial charge in [-0.2, -0.15) is 0 Å². The molecule has 1 aliphatic rings. The van der Waals surface area contributed by atoms with E-state index in [1.165, 1.54) is 7.11 Å². The third-order valence-corrected chi connectivity index (χ3v) is 3.49. The number of methoxy groups -OCH3 is 1. The molecule has 19 heavy (non-hydrogen) atoms. The topological polar surface area (TPSA) is 55.8 Å². The lowest BCUT2D eigenvalue weighted by Crippen LogP contribution is -2.42. The summed E-state index contributed by atoms with van der Waals surface area (Å²) in [4.78, 5) is 25.0. The lowest BCUT2D eigenvalue weighted by Gasteiger charge is -2.26. The Morgan fingerprint density at radius 1 is 1.16 bits per heavy atom. The van der Waals surface area contributed by atoms with Crippen molar-refractivity contribution < 1.29 is 19.1 Å². The first-order valence-corrected chi connectivity index (χ1v) is 7.13. The van der Waals surface area contributed by atoms with E-state index in [0.29, 0.717) is 12.6 Å². The molecule has 0 spiro atoms. The zero-order valence-electron chi connectivity index (χ0n) is 12.0. The van der Waals surface area contributed by atoms with Crippen LogP contribution in [0.1, 0.15) is 45.4 Å². The first-order chi connectivity index (χ1) is 9.17. The Hall–Kier alpha value is -1.10. The largest absolute Gasteiger partial charge is 0.468 e. The molecule has 0 radical (unpaired) electrons. The van der Waals surface area contributed by atoms with Gasteiger partial charge in [0, 0.05) is 6.04 Å². The molecule has 0 aromatic rings. The normalized spacial score (nSPS) is 15.7. The summed E-state index contributed by atoms with van der Waals surface area (Å²) in [7, 11) is 1.37. The van der Waals surface area contributed by atoms with Crippen molar-refractivity contribution in [2.24, 2.45) is 0 Å². The quantitative estimate of drug-likeness (QED) is 0.497. The zero-order valence-corrected chi connectivity index (χ0v) is 12.0. The predicted octanol–water partition coefficient (Wildman–Crippen LogP) is 1.75. The molecule has 1 fully saturated rings. The first kappa shape index (κ1) is 16.0. The van der Waals surface area contributed by atoms with Crippen LogP contribution in [-0.4, -0.2) is 49.7 Å². The summed E-state index contributed by atoms with van der Waals surface area (Å²) in [5.74, 6) is -0.544. The van der Waals surface area contributed by atoms with Crippen molar-refractivity contribution in [1.82, 2.24) is 4.90 Å². The van der Waals surface area contributed by atoms with E-state index in [0.717, 1.165) is 38.5 Å². The van der Waals surface area contributed by atoms with Crippen LogP contribution in [0.15, 0.2) is 0 Å². The molecule has 0 atom stereocenters. The summed E-state index contributed by atoms with van der Waals surface area (Å²) in [6, 6.07) is 0.304. The summed E-state index contributed by atoms with van der Waals surface area (Å²) in [5.41, 5.74) is 0. The molecule has 1 aliphatic carbocycles. The lowest BCUT2D eigenvalue weighted by atomic mass is 10.2. The molecule has 0 saturated heterocycles. The molecule has 0 aromatic heterocycles. The SMILES string of the molecule is CCCCOC(=O)CN(CC(=O)OC)C1CCCC1.